The number of hydrogen-bond acceptors (Lipinski definition) is 0. The molecule has 142 valence electrons. The van der Waals surface area contributed by atoms with Crippen molar-refractivity contribution in [3.8, 4) is 0 Å². The molecule has 27 heavy (non-hydrogen) atoms. The zero-order valence-electron chi connectivity index (χ0n) is 16.5. The minimum absolute atomic E-state index is 0. The molecule has 4 rings (SSSR count). The van der Waals surface area contributed by atoms with Gasteiger partial charge in [0.15, 0.2) is 0 Å². The van der Waals surface area contributed by atoms with Crippen LogP contribution in [0.1, 0.15) is 29.5 Å². The fourth-order valence-electron chi connectivity index (χ4n) is 5.67. The van der Waals surface area contributed by atoms with Crippen LogP contribution >= 0.6 is 0 Å². The van der Waals surface area contributed by atoms with E-state index < -0.39 is 30.4 Å². The molecular formula is C22H28Cl2Si2Zr. The summed E-state index contributed by atoms with van der Waals surface area (Å²) in [4.78, 5) is 0. The zero-order valence-corrected chi connectivity index (χ0v) is 22.8. The molecule has 0 saturated heterocycles. The predicted molar refractivity (Wildman–Crippen MR) is 114 cm³/mol. The van der Waals surface area contributed by atoms with Crippen LogP contribution in [-0.4, -0.2) is 11.8 Å². The summed E-state index contributed by atoms with van der Waals surface area (Å²) < 4.78 is 1.59. The van der Waals surface area contributed by atoms with Gasteiger partial charge in [-0.05, 0) is 0 Å². The van der Waals surface area contributed by atoms with Gasteiger partial charge in [-0.15, -0.1) is 0 Å². The molecule has 0 spiro atoms. The van der Waals surface area contributed by atoms with E-state index >= 15 is 0 Å². The van der Waals surface area contributed by atoms with Crippen molar-refractivity contribution in [2.45, 2.75) is 33.4 Å². The zero-order chi connectivity index (χ0) is 17.6. The fourth-order valence-corrected chi connectivity index (χ4v) is 78.4. The van der Waals surface area contributed by atoms with Gasteiger partial charge < -0.3 is 24.8 Å². The first kappa shape index (κ1) is 23.1. The third-order valence-corrected chi connectivity index (χ3v) is 80.1. The molecule has 2 atom stereocenters. The molecule has 0 heterocycles. The van der Waals surface area contributed by atoms with Gasteiger partial charge >= 0.3 is 159 Å². The normalized spacial score (nSPS) is 19.0. The van der Waals surface area contributed by atoms with Gasteiger partial charge in [-0.3, -0.25) is 0 Å². The van der Waals surface area contributed by atoms with Crippen LogP contribution in [0.3, 0.4) is 0 Å². The minimum Gasteiger partial charge on any atom is -1.00 e. The third-order valence-electron chi connectivity index (χ3n) is 6.68. The van der Waals surface area contributed by atoms with Crippen molar-refractivity contribution in [2.24, 2.45) is 0 Å². The van der Waals surface area contributed by atoms with Crippen LogP contribution in [0.5, 0.6) is 0 Å². The van der Waals surface area contributed by atoms with Crippen LogP contribution in [0.4, 0.5) is 0 Å². The smallest absolute Gasteiger partial charge is 1.00 e. The first-order valence-corrected chi connectivity index (χ1v) is 26.7. The fraction of sp³-hybridized carbons (Fsp3) is 0.273. The van der Waals surface area contributed by atoms with E-state index in [-0.39, 0.29) is 24.8 Å². The van der Waals surface area contributed by atoms with E-state index in [0.29, 0.717) is 0 Å². The van der Waals surface area contributed by atoms with Crippen molar-refractivity contribution in [2.75, 3.05) is 0 Å². The van der Waals surface area contributed by atoms with E-state index in [2.05, 4.69) is 99.0 Å². The van der Waals surface area contributed by atoms with Crippen LogP contribution in [-0.2, 0) is 18.6 Å². The van der Waals surface area contributed by atoms with Gasteiger partial charge in [0.1, 0.15) is 0 Å². The second-order valence-electron chi connectivity index (χ2n) is 8.24. The molecule has 0 N–H and O–H groups in total. The maximum atomic E-state index is 2.69. The predicted octanol–water partition coefficient (Wildman–Crippen LogP) is -0.349. The number of halogens is 2. The Kier molecular flexibility index (Phi) is 7.78. The largest absolute Gasteiger partial charge is 1.00 e. The summed E-state index contributed by atoms with van der Waals surface area (Å²) in [6.45, 7) is 10.7. The average Bonchev–Trinajstić information content (AvgIpc) is 3.21. The maximum absolute atomic E-state index is 2.69. The Bertz CT molecular complexity index is 789. The van der Waals surface area contributed by atoms with Gasteiger partial charge in [0, 0.05) is 0 Å². The van der Waals surface area contributed by atoms with Crippen molar-refractivity contribution in [1.82, 2.24) is 0 Å². The van der Waals surface area contributed by atoms with E-state index in [9.17, 15) is 0 Å². The molecule has 2 aliphatic carbocycles. The van der Waals surface area contributed by atoms with Crippen molar-refractivity contribution >= 4 is 24.0 Å². The van der Waals surface area contributed by atoms with E-state index in [0.717, 1.165) is 7.25 Å². The van der Waals surface area contributed by atoms with E-state index in [1.54, 1.807) is 11.1 Å². The van der Waals surface area contributed by atoms with Crippen molar-refractivity contribution in [1.29, 1.82) is 0 Å². The number of fused-ring (bicyclic) bond motifs is 2. The summed E-state index contributed by atoms with van der Waals surface area (Å²) >= 11 is -2.47. The van der Waals surface area contributed by atoms with Crippen LogP contribution in [0.25, 0.3) is 12.2 Å². The third kappa shape index (κ3) is 3.60. The molecule has 2 unspecified atom stereocenters. The Morgan fingerprint density at radius 2 is 1.00 bits per heavy atom. The Labute approximate surface area is 182 Å². The first-order chi connectivity index (χ1) is 12.1. The van der Waals surface area contributed by atoms with Crippen molar-refractivity contribution < 1.29 is 43.4 Å². The molecule has 0 aliphatic heterocycles. The summed E-state index contributed by atoms with van der Waals surface area (Å²) in [7, 11) is 0. The number of hydrogen-bond donors (Lipinski definition) is 0. The quantitative estimate of drug-likeness (QED) is 0.494. The van der Waals surface area contributed by atoms with Gasteiger partial charge in [-0.2, -0.15) is 0 Å². The Morgan fingerprint density at radius 3 is 1.37 bits per heavy atom. The standard InChI is InChI=1S/2C9H7.2C2H7Si.2ClH.Zr/c2*1-2-5-9-7-3-6-8(9)4-1;2*1-3-2;;;/h2*1-7H;2*3H,1-2H3;2*1H;/q;;;;;;+2/p-2. The molecule has 2 aliphatic rings. The van der Waals surface area contributed by atoms with Gasteiger partial charge in [0.25, 0.3) is 0 Å². The minimum atomic E-state index is -2.47. The van der Waals surface area contributed by atoms with Gasteiger partial charge in [-0.1, -0.05) is 0 Å². The Balaban J connectivity index is 0.00000131. The van der Waals surface area contributed by atoms with Crippen molar-refractivity contribution in [3.63, 3.8) is 0 Å². The summed E-state index contributed by atoms with van der Waals surface area (Å²) in [5.74, 6) is -1.47. The molecule has 0 radical (unpaired) electrons. The van der Waals surface area contributed by atoms with Gasteiger partial charge in [-0.25, -0.2) is 0 Å². The second kappa shape index (κ2) is 9.09. The topological polar surface area (TPSA) is 0 Å². The molecular weight excluding hydrogens is 483 g/mol. The molecule has 5 heteroatoms. The second-order valence-corrected chi connectivity index (χ2v) is 53.6. The van der Waals surface area contributed by atoms with E-state index in [1.807, 2.05) is 0 Å². The Hall–Kier alpha value is -0.183. The van der Waals surface area contributed by atoms with E-state index in [1.165, 1.54) is 11.1 Å². The number of rotatable bonds is 4. The molecule has 0 fully saturated rings. The summed E-state index contributed by atoms with van der Waals surface area (Å²) in [5.41, 5.74) is 6.32. The van der Waals surface area contributed by atoms with Crippen LogP contribution in [0, 0.1) is 0 Å². The maximum Gasteiger partial charge on any atom is -1.00 e. The molecule has 2 aromatic carbocycles. The molecule has 0 bridgehead atoms. The number of benzene rings is 2. The monoisotopic (exact) mass is 508 g/mol. The van der Waals surface area contributed by atoms with Crippen LogP contribution < -0.4 is 24.8 Å². The average molecular weight is 511 g/mol. The molecule has 0 amide bonds. The summed E-state index contributed by atoms with van der Waals surface area (Å²) in [6, 6.07) is 18.4. The van der Waals surface area contributed by atoms with Gasteiger partial charge in [0.2, 0.25) is 0 Å². The van der Waals surface area contributed by atoms with E-state index in [4.69, 9.17) is 0 Å². The Morgan fingerprint density at radius 1 is 0.630 bits per heavy atom. The van der Waals surface area contributed by atoms with Gasteiger partial charge in [0.05, 0.1) is 0 Å². The molecule has 0 aromatic heterocycles. The molecule has 2 aromatic rings. The van der Waals surface area contributed by atoms with Crippen LogP contribution in [0.15, 0.2) is 60.7 Å². The molecule has 0 nitrogen and oxygen atoms in total. The molecule has 0 saturated carbocycles. The first-order valence-electron chi connectivity index (χ1n) is 9.61. The number of allylic oxidation sites excluding steroid dienone is 2. The van der Waals surface area contributed by atoms with Crippen molar-refractivity contribution in [3.05, 3.63) is 82.9 Å². The summed E-state index contributed by atoms with van der Waals surface area (Å²) in [5, 5.41) is 0. The summed E-state index contributed by atoms with van der Waals surface area (Å²) in [6.07, 6.45) is 10.1. The SMILES string of the molecule is C[SiH](C)[Zr+2]([CH]1C=Cc2ccccc21)([CH]1C=Cc2ccccc21)[SiH](C)C.[Cl-].[Cl-]. The van der Waals surface area contributed by atoms with Crippen LogP contribution in [0.2, 0.25) is 26.2 Å².